The quantitative estimate of drug-likeness (QED) is 0.629. The molecule has 1 atom stereocenters. The summed E-state index contributed by atoms with van der Waals surface area (Å²) in [6.07, 6.45) is 4.88. The maximum absolute atomic E-state index is 4.24. The van der Waals surface area contributed by atoms with E-state index in [1.165, 1.54) is 31.4 Å². The highest BCUT2D eigenvalue weighted by atomic mass is 14.8. The normalized spacial score (nSPS) is 14.5. The summed E-state index contributed by atoms with van der Waals surface area (Å²) >= 11 is 0. The molecule has 0 amide bonds. The van der Waals surface area contributed by atoms with Crippen LogP contribution in [-0.4, -0.2) is 7.05 Å². The number of rotatable bonds is 8. The molecule has 0 aliphatic heterocycles. The molecule has 0 spiro atoms. The summed E-state index contributed by atoms with van der Waals surface area (Å²) in [6.45, 7) is 18.3. The Morgan fingerprint density at radius 1 is 1.06 bits per heavy atom. The van der Waals surface area contributed by atoms with Gasteiger partial charge in [0.25, 0.3) is 0 Å². The Bertz CT molecular complexity index is 236. The molecule has 1 N–H and O–H groups in total. The molecule has 0 radical (unpaired) electrons. The molecule has 0 heterocycles. The third-order valence-corrected chi connectivity index (χ3v) is 4.91. The van der Waals surface area contributed by atoms with Crippen LogP contribution in [0.1, 0.15) is 67.2 Å². The number of hydrogen-bond donors (Lipinski definition) is 1. The molecule has 0 aliphatic carbocycles. The Morgan fingerprint density at radius 3 is 1.82 bits per heavy atom. The summed E-state index contributed by atoms with van der Waals surface area (Å²) in [7, 11) is 2.00. The van der Waals surface area contributed by atoms with Crippen LogP contribution in [-0.2, 0) is 0 Å². The highest BCUT2D eigenvalue weighted by Gasteiger charge is 2.36. The fourth-order valence-corrected chi connectivity index (χ4v) is 2.40. The molecule has 0 rings (SSSR count). The average Bonchev–Trinajstić information content (AvgIpc) is 2.34. The Morgan fingerprint density at radius 2 is 1.53 bits per heavy atom. The molecule has 17 heavy (non-hydrogen) atoms. The third kappa shape index (κ3) is 4.37. The van der Waals surface area contributed by atoms with E-state index in [4.69, 9.17) is 0 Å². The zero-order chi connectivity index (χ0) is 13.7. The van der Waals surface area contributed by atoms with Crippen molar-refractivity contribution in [3.8, 4) is 0 Å². The number of nitrogens with one attached hydrogen (secondary N) is 1. The van der Waals surface area contributed by atoms with E-state index in [1.807, 2.05) is 7.05 Å². The van der Waals surface area contributed by atoms with E-state index in [2.05, 4.69) is 53.4 Å². The lowest BCUT2D eigenvalue weighted by Crippen LogP contribution is -2.35. The van der Waals surface area contributed by atoms with Gasteiger partial charge in [-0.1, -0.05) is 67.4 Å². The van der Waals surface area contributed by atoms with Gasteiger partial charge in [-0.25, -0.2) is 0 Å². The molecule has 0 saturated carbocycles. The van der Waals surface area contributed by atoms with Crippen LogP contribution in [0.5, 0.6) is 0 Å². The summed E-state index contributed by atoms with van der Waals surface area (Å²) in [5, 5.41) is 3.29. The fourth-order valence-electron chi connectivity index (χ4n) is 2.40. The van der Waals surface area contributed by atoms with Crippen LogP contribution < -0.4 is 5.32 Å². The van der Waals surface area contributed by atoms with Crippen molar-refractivity contribution in [2.45, 2.75) is 67.2 Å². The zero-order valence-corrected chi connectivity index (χ0v) is 13.1. The SMILES string of the molecule is C=C(NC)C(CC(C)(C)CC)C(C)(CC)CC. The van der Waals surface area contributed by atoms with Gasteiger partial charge in [-0.05, 0) is 17.3 Å². The molecule has 1 heteroatoms. The summed E-state index contributed by atoms with van der Waals surface area (Å²) in [4.78, 5) is 0. The number of allylic oxidation sites excluding steroid dienone is 1. The van der Waals surface area contributed by atoms with Crippen LogP contribution in [0, 0.1) is 16.7 Å². The van der Waals surface area contributed by atoms with Gasteiger partial charge in [0, 0.05) is 18.7 Å². The highest BCUT2D eigenvalue weighted by Crippen LogP contribution is 2.44. The van der Waals surface area contributed by atoms with Crippen molar-refractivity contribution in [1.82, 2.24) is 5.32 Å². The van der Waals surface area contributed by atoms with Crippen LogP contribution >= 0.6 is 0 Å². The van der Waals surface area contributed by atoms with Crippen molar-refractivity contribution < 1.29 is 0 Å². The summed E-state index contributed by atoms with van der Waals surface area (Å²) in [5.74, 6) is 0.567. The molecule has 0 aromatic rings. The van der Waals surface area contributed by atoms with E-state index in [0.29, 0.717) is 16.7 Å². The van der Waals surface area contributed by atoms with Crippen LogP contribution in [0.3, 0.4) is 0 Å². The monoisotopic (exact) mass is 239 g/mol. The second-order valence-corrected chi connectivity index (χ2v) is 6.41. The molecule has 0 aliphatic rings. The Hall–Kier alpha value is -0.460. The van der Waals surface area contributed by atoms with Gasteiger partial charge in [0.2, 0.25) is 0 Å². The van der Waals surface area contributed by atoms with Crippen molar-refractivity contribution in [2.75, 3.05) is 7.05 Å². The first-order chi connectivity index (χ1) is 7.76. The Labute approximate surface area is 109 Å². The topological polar surface area (TPSA) is 12.0 Å². The van der Waals surface area contributed by atoms with Crippen molar-refractivity contribution in [3.05, 3.63) is 12.3 Å². The second-order valence-electron chi connectivity index (χ2n) is 6.41. The van der Waals surface area contributed by atoms with E-state index >= 15 is 0 Å². The third-order valence-electron chi connectivity index (χ3n) is 4.91. The van der Waals surface area contributed by atoms with Crippen LogP contribution in [0.15, 0.2) is 12.3 Å². The molecule has 1 nitrogen and oxygen atoms in total. The zero-order valence-electron chi connectivity index (χ0n) is 13.1. The van der Waals surface area contributed by atoms with Crippen molar-refractivity contribution in [3.63, 3.8) is 0 Å². The molecular formula is C16H33N. The largest absolute Gasteiger partial charge is 0.392 e. The van der Waals surface area contributed by atoms with Gasteiger partial charge in [0.15, 0.2) is 0 Å². The minimum Gasteiger partial charge on any atom is -0.392 e. The summed E-state index contributed by atoms with van der Waals surface area (Å²) in [6, 6.07) is 0. The standard InChI is InChI=1S/C16H33N/c1-9-15(5,6)12-14(13(4)17-8)16(7,10-2)11-3/h14,17H,4,9-12H2,1-3,5-8H3. The summed E-state index contributed by atoms with van der Waals surface area (Å²) < 4.78 is 0. The lowest BCUT2D eigenvalue weighted by atomic mass is 9.65. The summed E-state index contributed by atoms with van der Waals surface area (Å²) in [5.41, 5.74) is 1.97. The van der Waals surface area contributed by atoms with Gasteiger partial charge >= 0.3 is 0 Å². The van der Waals surface area contributed by atoms with Gasteiger partial charge < -0.3 is 5.32 Å². The van der Waals surface area contributed by atoms with Gasteiger partial charge in [-0.2, -0.15) is 0 Å². The molecule has 1 unspecified atom stereocenters. The van der Waals surface area contributed by atoms with E-state index in [1.54, 1.807) is 0 Å². The van der Waals surface area contributed by atoms with E-state index in [0.717, 1.165) is 0 Å². The molecule has 102 valence electrons. The fraction of sp³-hybridized carbons (Fsp3) is 0.875. The first-order valence-electron chi connectivity index (χ1n) is 7.12. The molecule has 0 aromatic heterocycles. The maximum atomic E-state index is 4.24. The van der Waals surface area contributed by atoms with Crippen molar-refractivity contribution in [2.24, 2.45) is 16.7 Å². The predicted octanol–water partition coefficient (Wildman–Crippen LogP) is 4.99. The first kappa shape index (κ1) is 16.5. The highest BCUT2D eigenvalue weighted by molar-refractivity contribution is 5.05. The minimum atomic E-state index is 0.368. The van der Waals surface area contributed by atoms with E-state index in [9.17, 15) is 0 Å². The van der Waals surface area contributed by atoms with Gasteiger partial charge in [-0.15, -0.1) is 0 Å². The second kappa shape index (κ2) is 6.47. The minimum absolute atomic E-state index is 0.368. The van der Waals surface area contributed by atoms with Crippen molar-refractivity contribution in [1.29, 1.82) is 0 Å². The van der Waals surface area contributed by atoms with Crippen LogP contribution in [0.2, 0.25) is 0 Å². The van der Waals surface area contributed by atoms with E-state index < -0.39 is 0 Å². The smallest absolute Gasteiger partial charge is 0.00682 e. The van der Waals surface area contributed by atoms with Crippen LogP contribution in [0.4, 0.5) is 0 Å². The Kier molecular flexibility index (Phi) is 6.29. The maximum Gasteiger partial charge on any atom is 0.00682 e. The predicted molar refractivity (Wildman–Crippen MR) is 79.1 cm³/mol. The molecular weight excluding hydrogens is 206 g/mol. The number of hydrogen-bond acceptors (Lipinski definition) is 1. The van der Waals surface area contributed by atoms with Crippen molar-refractivity contribution >= 4 is 0 Å². The Balaban J connectivity index is 5.08. The molecule has 0 aromatic carbocycles. The lowest BCUT2D eigenvalue weighted by molar-refractivity contribution is 0.131. The van der Waals surface area contributed by atoms with Gasteiger partial charge in [-0.3, -0.25) is 0 Å². The first-order valence-corrected chi connectivity index (χ1v) is 7.12. The molecule has 0 fully saturated rings. The molecule has 0 bridgehead atoms. The van der Waals surface area contributed by atoms with E-state index in [-0.39, 0.29) is 0 Å². The van der Waals surface area contributed by atoms with Gasteiger partial charge in [0.05, 0.1) is 0 Å². The van der Waals surface area contributed by atoms with Gasteiger partial charge in [0.1, 0.15) is 0 Å². The molecule has 0 saturated heterocycles. The lowest BCUT2D eigenvalue weighted by Gasteiger charge is -2.41. The average molecular weight is 239 g/mol. The van der Waals surface area contributed by atoms with Crippen LogP contribution in [0.25, 0.3) is 0 Å².